The summed E-state index contributed by atoms with van der Waals surface area (Å²) < 4.78 is 10.1. The van der Waals surface area contributed by atoms with Crippen LogP contribution in [0.1, 0.15) is 16.7 Å². The molecule has 1 atom stereocenters. The van der Waals surface area contributed by atoms with E-state index in [-0.39, 0.29) is 5.97 Å². The molecule has 20 heavy (non-hydrogen) atoms. The van der Waals surface area contributed by atoms with E-state index in [4.69, 9.17) is 14.7 Å². The van der Waals surface area contributed by atoms with Gasteiger partial charge in [0.05, 0.1) is 25.3 Å². The average molecular weight is 274 g/mol. The van der Waals surface area contributed by atoms with E-state index in [9.17, 15) is 4.79 Å². The van der Waals surface area contributed by atoms with E-state index in [2.05, 4.69) is 11.0 Å². The summed E-state index contributed by atoms with van der Waals surface area (Å²) in [6.07, 6.45) is -0.507. The molecular weight excluding hydrogens is 256 g/mol. The normalized spacial score (nSPS) is 19.4. The topological polar surface area (TPSA) is 62.6 Å². The van der Waals surface area contributed by atoms with Gasteiger partial charge in [0, 0.05) is 19.6 Å². The standard InChI is InChI=1S/C15H18N2O3/c1-11-7-12(8-16)3-4-13(11)9-17-5-6-20-14(10-17)15(18)19-2/h3-4,7,14H,5-6,9-10H2,1-2H3. The smallest absolute Gasteiger partial charge is 0.336 e. The highest BCUT2D eigenvalue weighted by Gasteiger charge is 2.27. The molecule has 5 nitrogen and oxygen atoms in total. The van der Waals surface area contributed by atoms with Gasteiger partial charge in [-0.2, -0.15) is 5.26 Å². The van der Waals surface area contributed by atoms with Gasteiger partial charge in [0.25, 0.3) is 0 Å². The van der Waals surface area contributed by atoms with E-state index in [1.807, 2.05) is 25.1 Å². The number of carbonyl (C=O) groups is 1. The van der Waals surface area contributed by atoms with E-state index in [1.165, 1.54) is 7.11 Å². The number of rotatable bonds is 3. The molecule has 0 bridgehead atoms. The first kappa shape index (κ1) is 14.5. The molecule has 0 spiro atoms. The second kappa shape index (κ2) is 6.51. The summed E-state index contributed by atoms with van der Waals surface area (Å²) in [7, 11) is 1.37. The van der Waals surface area contributed by atoms with Crippen molar-refractivity contribution < 1.29 is 14.3 Å². The molecule has 0 amide bonds. The van der Waals surface area contributed by atoms with Crippen LogP contribution < -0.4 is 0 Å². The fourth-order valence-electron chi connectivity index (χ4n) is 2.30. The number of carbonyl (C=O) groups excluding carboxylic acids is 1. The Morgan fingerprint density at radius 1 is 1.60 bits per heavy atom. The number of nitriles is 1. The van der Waals surface area contributed by atoms with Gasteiger partial charge in [-0.1, -0.05) is 6.07 Å². The van der Waals surface area contributed by atoms with Gasteiger partial charge in [-0.3, -0.25) is 4.90 Å². The molecule has 1 aromatic rings. The van der Waals surface area contributed by atoms with E-state index in [0.29, 0.717) is 18.7 Å². The van der Waals surface area contributed by atoms with Crippen molar-refractivity contribution in [3.05, 3.63) is 34.9 Å². The highest BCUT2D eigenvalue weighted by Crippen LogP contribution is 2.16. The molecule has 0 aromatic heterocycles. The first-order valence-electron chi connectivity index (χ1n) is 6.55. The van der Waals surface area contributed by atoms with Crippen LogP contribution in [0.25, 0.3) is 0 Å². The second-order valence-electron chi connectivity index (χ2n) is 4.87. The van der Waals surface area contributed by atoms with Crippen LogP contribution in [0.2, 0.25) is 0 Å². The molecule has 5 heteroatoms. The second-order valence-corrected chi connectivity index (χ2v) is 4.87. The van der Waals surface area contributed by atoms with Gasteiger partial charge in [0.15, 0.2) is 6.10 Å². The molecule has 1 unspecified atom stereocenters. The summed E-state index contributed by atoms with van der Waals surface area (Å²) in [5.74, 6) is -0.328. The number of esters is 1. The largest absolute Gasteiger partial charge is 0.467 e. The lowest BCUT2D eigenvalue weighted by Crippen LogP contribution is -2.46. The van der Waals surface area contributed by atoms with Gasteiger partial charge in [0.2, 0.25) is 0 Å². The third-order valence-electron chi connectivity index (χ3n) is 3.48. The quantitative estimate of drug-likeness (QED) is 0.776. The van der Waals surface area contributed by atoms with Gasteiger partial charge in [-0.15, -0.1) is 0 Å². The third-order valence-corrected chi connectivity index (χ3v) is 3.48. The van der Waals surface area contributed by atoms with Gasteiger partial charge in [-0.05, 0) is 30.2 Å². The van der Waals surface area contributed by atoms with Crippen LogP contribution in [0.4, 0.5) is 0 Å². The first-order valence-corrected chi connectivity index (χ1v) is 6.55. The number of aryl methyl sites for hydroxylation is 1. The summed E-state index contributed by atoms with van der Waals surface area (Å²) in [4.78, 5) is 13.7. The molecule has 0 radical (unpaired) electrons. The van der Waals surface area contributed by atoms with Gasteiger partial charge < -0.3 is 9.47 Å². The summed E-state index contributed by atoms with van der Waals surface area (Å²) in [6, 6.07) is 7.80. The Morgan fingerprint density at radius 2 is 2.40 bits per heavy atom. The lowest BCUT2D eigenvalue weighted by Gasteiger charge is -2.31. The number of hydrogen-bond acceptors (Lipinski definition) is 5. The van der Waals surface area contributed by atoms with Crippen LogP contribution in [0.15, 0.2) is 18.2 Å². The molecule has 0 N–H and O–H groups in total. The molecule has 0 aliphatic carbocycles. The lowest BCUT2D eigenvalue weighted by molar-refractivity contribution is -0.160. The summed E-state index contributed by atoms with van der Waals surface area (Å²) in [5, 5.41) is 8.87. The number of hydrogen-bond donors (Lipinski definition) is 0. The molecule has 2 rings (SSSR count). The van der Waals surface area contributed by atoms with E-state index >= 15 is 0 Å². The van der Waals surface area contributed by atoms with Gasteiger partial charge in [0.1, 0.15) is 0 Å². The maximum Gasteiger partial charge on any atom is 0.336 e. The van der Waals surface area contributed by atoms with Crippen LogP contribution in [0.5, 0.6) is 0 Å². The minimum absolute atomic E-state index is 0.328. The highest BCUT2D eigenvalue weighted by atomic mass is 16.6. The summed E-state index contributed by atoms with van der Waals surface area (Å²) >= 11 is 0. The van der Waals surface area contributed by atoms with Crippen LogP contribution in [0.3, 0.4) is 0 Å². The molecular formula is C15H18N2O3. The molecule has 1 heterocycles. The minimum atomic E-state index is -0.507. The van der Waals surface area contributed by atoms with Crippen LogP contribution >= 0.6 is 0 Å². The zero-order valence-corrected chi connectivity index (χ0v) is 11.8. The molecule has 1 fully saturated rings. The zero-order chi connectivity index (χ0) is 14.5. The van der Waals surface area contributed by atoms with E-state index < -0.39 is 6.10 Å². The average Bonchev–Trinajstić information content (AvgIpc) is 2.48. The third kappa shape index (κ3) is 3.35. The number of morpholine rings is 1. The molecule has 1 aromatic carbocycles. The molecule has 0 saturated carbocycles. The van der Waals surface area contributed by atoms with E-state index in [0.717, 1.165) is 24.2 Å². The summed E-state index contributed by atoms with van der Waals surface area (Å²) in [6.45, 7) is 4.58. The SMILES string of the molecule is COC(=O)C1CN(Cc2ccc(C#N)cc2C)CCO1. The molecule has 1 aliphatic heterocycles. The predicted molar refractivity (Wildman–Crippen MR) is 72.9 cm³/mol. The van der Waals surface area contributed by atoms with Crippen molar-refractivity contribution >= 4 is 5.97 Å². The summed E-state index contributed by atoms with van der Waals surface area (Å²) in [5.41, 5.74) is 2.92. The van der Waals surface area contributed by atoms with Crippen molar-refractivity contribution in [1.82, 2.24) is 4.90 Å². The maximum absolute atomic E-state index is 11.5. The fourth-order valence-corrected chi connectivity index (χ4v) is 2.30. The number of nitrogens with zero attached hydrogens (tertiary/aromatic N) is 2. The maximum atomic E-state index is 11.5. The van der Waals surface area contributed by atoms with Crippen molar-refractivity contribution in [2.45, 2.75) is 19.6 Å². The van der Waals surface area contributed by atoms with Crippen molar-refractivity contribution in [1.29, 1.82) is 5.26 Å². The highest BCUT2D eigenvalue weighted by molar-refractivity contribution is 5.74. The predicted octanol–water partition coefficient (Wildman–Crippen LogP) is 1.24. The minimum Gasteiger partial charge on any atom is -0.467 e. The first-order chi connectivity index (χ1) is 9.63. The Balaban J connectivity index is 2.03. The Labute approximate surface area is 118 Å². The van der Waals surface area contributed by atoms with Gasteiger partial charge >= 0.3 is 5.97 Å². The Kier molecular flexibility index (Phi) is 4.72. The number of ether oxygens (including phenoxy) is 2. The zero-order valence-electron chi connectivity index (χ0n) is 11.8. The lowest BCUT2D eigenvalue weighted by atomic mass is 10.0. The van der Waals surface area contributed by atoms with Crippen molar-refractivity contribution in [2.24, 2.45) is 0 Å². The number of methoxy groups -OCH3 is 1. The van der Waals surface area contributed by atoms with Crippen molar-refractivity contribution in [3.8, 4) is 6.07 Å². The van der Waals surface area contributed by atoms with E-state index in [1.54, 1.807) is 0 Å². The molecule has 1 saturated heterocycles. The monoisotopic (exact) mass is 274 g/mol. The molecule has 106 valence electrons. The van der Waals surface area contributed by atoms with Crippen LogP contribution in [-0.4, -0.2) is 43.8 Å². The Hall–Kier alpha value is -1.90. The van der Waals surface area contributed by atoms with Crippen LogP contribution in [0, 0.1) is 18.3 Å². The Morgan fingerprint density at radius 3 is 3.05 bits per heavy atom. The molecule has 1 aliphatic rings. The van der Waals surface area contributed by atoms with Gasteiger partial charge in [-0.25, -0.2) is 4.79 Å². The van der Waals surface area contributed by atoms with Crippen molar-refractivity contribution in [2.75, 3.05) is 26.8 Å². The van der Waals surface area contributed by atoms with Crippen molar-refractivity contribution in [3.63, 3.8) is 0 Å². The van der Waals surface area contributed by atoms with Crippen LogP contribution in [-0.2, 0) is 20.8 Å². The Bertz CT molecular complexity index is 536. The number of benzene rings is 1. The fraction of sp³-hybridized carbons (Fsp3) is 0.467.